The van der Waals surface area contributed by atoms with E-state index in [-0.39, 0.29) is 43.8 Å². The lowest BCUT2D eigenvalue weighted by atomic mass is 10.1. The molecule has 2 rings (SSSR count). The fourth-order valence-electron chi connectivity index (χ4n) is 3.77. The van der Waals surface area contributed by atoms with Crippen molar-refractivity contribution in [3.63, 3.8) is 0 Å². The van der Waals surface area contributed by atoms with E-state index in [0.717, 1.165) is 11.8 Å². The van der Waals surface area contributed by atoms with Gasteiger partial charge >= 0.3 is 0 Å². The summed E-state index contributed by atoms with van der Waals surface area (Å²) >= 11 is 0. The van der Waals surface area contributed by atoms with Crippen LogP contribution in [0.4, 0.5) is 5.69 Å². The number of hydrogen-bond acceptors (Lipinski definition) is 6. The van der Waals surface area contributed by atoms with Gasteiger partial charge in [-0.25, -0.2) is 8.42 Å². The van der Waals surface area contributed by atoms with Crippen molar-refractivity contribution in [2.24, 2.45) is 0 Å². The molecule has 2 aromatic carbocycles. The molecule has 0 spiro atoms. The Morgan fingerprint density at radius 2 is 1.69 bits per heavy atom. The zero-order valence-corrected chi connectivity index (χ0v) is 22.7. The molecule has 0 unspecified atom stereocenters. The molecule has 36 heavy (non-hydrogen) atoms. The van der Waals surface area contributed by atoms with Crippen LogP contribution in [0, 0.1) is 0 Å². The fourth-order valence-corrected chi connectivity index (χ4v) is 4.74. The number of nitrogens with one attached hydrogen (secondary N) is 1. The Balaban J connectivity index is 2.22. The monoisotopic (exact) mass is 519 g/mol. The molecular formula is C26H37N3O6S. The first kappa shape index (κ1) is 29.0. The number of carbonyl (C=O) groups excluding carboxylic acids is 2. The minimum absolute atomic E-state index is 0.0600. The van der Waals surface area contributed by atoms with E-state index >= 15 is 0 Å². The molecule has 0 aromatic heterocycles. The highest BCUT2D eigenvalue weighted by molar-refractivity contribution is 7.92. The normalized spacial score (nSPS) is 12.1. The van der Waals surface area contributed by atoms with Crippen molar-refractivity contribution >= 4 is 27.5 Å². The summed E-state index contributed by atoms with van der Waals surface area (Å²) in [5, 5.41) is 2.86. The van der Waals surface area contributed by atoms with Crippen LogP contribution in [0.15, 0.2) is 48.5 Å². The number of sulfonamides is 1. The topological polar surface area (TPSA) is 105 Å². The number of carbonyl (C=O) groups is 2. The molecule has 0 aliphatic heterocycles. The number of anilines is 1. The quantitative estimate of drug-likeness (QED) is 0.436. The van der Waals surface area contributed by atoms with Gasteiger partial charge in [-0.2, -0.15) is 0 Å². The molecule has 9 nitrogen and oxygen atoms in total. The maximum Gasteiger partial charge on any atom is 0.242 e. The Labute approximate surface area is 214 Å². The first-order valence-electron chi connectivity index (χ1n) is 11.8. The molecule has 198 valence electrons. The van der Waals surface area contributed by atoms with E-state index in [2.05, 4.69) is 5.32 Å². The Bertz CT molecular complexity index is 1140. The molecule has 0 fully saturated rings. The third kappa shape index (κ3) is 8.15. The van der Waals surface area contributed by atoms with Crippen molar-refractivity contribution in [2.45, 2.75) is 52.2 Å². The number of nitrogens with zero attached hydrogens (tertiary/aromatic N) is 2. The summed E-state index contributed by atoms with van der Waals surface area (Å²) in [5.41, 5.74) is 1.23. The molecule has 0 radical (unpaired) electrons. The summed E-state index contributed by atoms with van der Waals surface area (Å²) in [6.45, 7) is 5.70. The van der Waals surface area contributed by atoms with E-state index in [9.17, 15) is 18.0 Å². The molecule has 1 N–H and O–H groups in total. The molecule has 0 aliphatic rings. The van der Waals surface area contributed by atoms with E-state index in [4.69, 9.17) is 9.47 Å². The summed E-state index contributed by atoms with van der Waals surface area (Å²) in [7, 11) is -0.577. The third-order valence-electron chi connectivity index (χ3n) is 5.59. The Kier molecular flexibility index (Phi) is 10.6. The number of ether oxygens (including phenoxy) is 2. The number of hydrogen-bond donors (Lipinski definition) is 1. The van der Waals surface area contributed by atoms with Gasteiger partial charge in [0.2, 0.25) is 21.8 Å². The lowest BCUT2D eigenvalue weighted by Crippen LogP contribution is -2.49. The summed E-state index contributed by atoms with van der Waals surface area (Å²) in [6, 6.07) is 13.4. The van der Waals surface area contributed by atoms with Gasteiger partial charge in [0.1, 0.15) is 17.5 Å². The number of methoxy groups -OCH3 is 2. The standard InChI is InChI=1S/C26H37N3O6S/c1-19(2)27-26(31)20(3)28(18-21-11-9-12-22(17-21)34-4)25(30)15-10-16-29(36(6,32)33)23-13-7-8-14-24(23)35-5/h7-9,11-14,17,19-20H,10,15-16,18H2,1-6H3,(H,27,31)/t20-/m1/s1. The van der Waals surface area contributed by atoms with Crippen molar-refractivity contribution in [1.29, 1.82) is 0 Å². The minimum Gasteiger partial charge on any atom is -0.497 e. The van der Waals surface area contributed by atoms with Crippen molar-refractivity contribution in [3.8, 4) is 11.5 Å². The predicted molar refractivity (Wildman–Crippen MR) is 141 cm³/mol. The third-order valence-corrected chi connectivity index (χ3v) is 6.77. The maximum absolute atomic E-state index is 13.3. The highest BCUT2D eigenvalue weighted by Crippen LogP contribution is 2.29. The van der Waals surface area contributed by atoms with Crippen LogP contribution in [-0.4, -0.2) is 64.2 Å². The van der Waals surface area contributed by atoms with Crippen molar-refractivity contribution < 1.29 is 27.5 Å². The first-order chi connectivity index (χ1) is 17.0. The minimum atomic E-state index is -3.62. The SMILES string of the molecule is COc1cccc(CN(C(=O)CCCN(c2ccccc2OC)S(C)(=O)=O)[C@H](C)C(=O)NC(C)C)c1. The average Bonchev–Trinajstić information content (AvgIpc) is 2.83. The fraction of sp³-hybridized carbons (Fsp3) is 0.462. The predicted octanol–water partition coefficient (Wildman–Crippen LogP) is 3.19. The molecular weight excluding hydrogens is 482 g/mol. The zero-order valence-electron chi connectivity index (χ0n) is 21.9. The van der Waals surface area contributed by atoms with Crippen LogP contribution < -0.4 is 19.1 Å². The van der Waals surface area contributed by atoms with Crippen LogP contribution in [0.25, 0.3) is 0 Å². The van der Waals surface area contributed by atoms with Gasteiger partial charge in [-0.05, 0) is 57.0 Å². The highest BCUT2D eigenvalue weighted by atomic mass is 32.2. The van der Waals surface area contributed by atoms with Crippen LogP contribution in [-0.2, 0) is 26.2 Å². The second-order valence-corrected chi connectivity index (χ2v) is 10.7. The summed E-state index contributed by atoms with van der Waals surface area (Å²) in [5.74, 6) is 0.568. The number of benzene rings is 2. The summed E-state index contributed by atoms with van der Waals surface area (Å²) in [4.78, 5) is 27.6. The molecule has 1 atom stereocenters. The Morgan fingerprint density at radius 1 is 1.00 bits per heavy atom. The number of para-hydroxylation sites is 2. The van der Waals surface area contributed by atoms with Gasteiger partial charge in [-0.15, -0.1) is 0 Å². The summed E-state index contributed by atoms with van der Waals surface area (Å²) in [6.07, 6.45) is 1.44. The van der Waals surface area contributed by atoms with Gasteiger partial charge in [0.05, 0.1) is 26.2 Å². The largest absolute Gasteiger partial charge is 0.497 e. The van der Waals surface area contributed by atoms with Crippen LogP contribution in [0.5, 0.6) is 11.5 Å². The van der Waals surface area contributed by atoms with Crippen LogP contribution in [0.3, 0.4) is 0 Å². The Hall–Kier alpha value is -3.27. The number of rotatable bonds is 13. The number of amides is 2. The molecule has 2 aromatic rings. The average molecular weight is 520 g/mol. The first-order valence-corrected chi connectivity index (χ1v) is 13.7. The lowest BCUT2D eigenvalue weighted by Gasteiger charge is -2.30. The molecule has 0 saturated carbocycles. The van der Waals surface area contributed by atoms with Crippen LogP contribution >= 0.6 is 0 Å². The van der Waals surface area contributed by atoms with E-state index in [1.165, 1.54) is 16.3 Å². The zero-order chi connectivity index (χ0) is 26.9. The van der Waals surface area contributed by atoms with Gasteiger partial charge in [-0.3, -0.25) is 13.9 Å². The van der Waals surface area contributed by atoms with Crippen molar-refractivity contribution in [3.05, 3.63) is 54.1 Å². The van der Waals surface area contributed by atoms with Gasteiger partial charge in [0.25, 0.3) is 0 Å². The van der Waals surface area contributed by atoms with Crippen LogP contribution in [0.2, 0.25) is 0 Å². The van der Waals surface area contributed by atoms with E-state index < -0.39 is 16.1 Å². The van der Waals surface area contributed by atoms with E-state index in [0.29, 0.717) is 17.2 Å². The van der Waals surface area contributed by atoms with Gasteiger partial charge in [0.15, 0.2) is 0 Å². The molecule has 10 heteroatoms. The second-order valence-electron chi connectivity index (χ2n) is 8.82. The van der Waals surface area contributed by atoms with Crippen molar-refractivity contribution in [2.75, 3.05) is 31.3 Å². The Morgan fingerprint density at radius 3 is 2.31 bits per heavy atom. The van der Waals surface area contributed by atoms with E-state index in [1.807, 2.05) is 38.1 Å². The summed E-state index contributed by atoms with van der Waals surface area (Å²) < 4.78 is 36.9. The highest BCUT2D eigenvalue weighted by Gasteiger charge is 2.27. The molecule has 0 heterocycles. The molecule has 2 amide bonds. The van der Waals surface area contributed by atoms with E-state index in [1.54, 1.807) is 38.3 Å². The molecule has 0 bridgehead atoms. The van der Waals surface area contributed by atoms with Gasteiger partial charge < -0.3 is 19.7 Å². The van der Waals surface area contributed by atoms with Crippen molar-refractivity contribution in [1.82, 2.24) is 10.2 Å². The second kappa shape index (κ2) is 13.2. The molecule has 0 aliphatic carbocycles. The van der Waals surface area contributed by atoms with Crippen LogP contribution in [0.1, 0.15) is 39.2 Å². The van der Waals surface area contributed by atoms with Gasteiger partial charge in [-0.1, -0.05) is 24.3 Å². The smallest absolute Gasteiger partial charge is 0.242 e. The maximum atomic E-state index is 13.3. The van der Waals surface area contributed by atoms with Gasteiger partial charge in [0, 0.05) is 25.6 Å². The molecule has 0 saturated heterocycles. The lowest BCUT2D eigenvalue weighted by molar-refractivity contribution is -0.140.